The van der Waals surface area contributed by atoms with E-state index in [0.29, 0.717) is 4.21 Å². The number of alkyl halides is 3. The van der Waals surface area contributed by atoms with E-state index in [1.807, 2.05) is 0 Å². The lowest BCUT2D eigenvalue weighted by Crippen LogP contribution is -2.05. The molecule has 0 N–H and O–H groups in total. The maximum absolute atomic E-state index is 12.5. The van der Waals surface area contributed by atoms with Gasteiger partial charge in [0.15, 0.2) is 0 Å². The fraction of sp³-hybridized carbons (Fsp3) is 0.111. The molecule has 1 atom stereocenters. The fourth-order valence-corrected chi connectivity index (χ4v) is 2.88. The Morgan fingerprint density at radius 2 is 2.06 bits per heavy atom. The van der Waals surface area contributed by atoms with E-state index in [1.54, 1.807) is 0 Å². The molecule has 1 aromatic carbocycles. The zero-order valence-corrected chi connectivity index (χ0v) is 9.77. The molecule has 0 aliphatic rings. The zero-order chi connectivity index (χ0) is 12.5. The van der Waals surface area contributed by atoms with Gasteiger partial charge in [-0.15, -0.1) is 5.10 Å². The number of hydrogen-bond acceptors (Lipinski definition) is 4. The van der Waals surface area contributed by atoms with Gasteiger partial charge in [-0.05, 0) is 29.7 Å². The molecule has 0 radical (unpaired) electrons. The van der Waals surface area contributed by atoms with Crippen molar-refractivity contribution in [2.24, 2.45) is 0 Å². The number of rotatable bonds is 2. The minimum atomic E-state index is -4.44. The van der Waals surface area contributed by atoms with E-state index in [9.17, 15) is 17.4 Å². The molecule has 1 heterocycles. The molecule has 0 amide bonds. The summed E-state index contributed by atoms with van der Waals surface area (Å²) in [7, 11) is -1.67. The molecule has 1 aromatic heterocycles. The summed E-state index contributed by atoms with van der Waals surface area (Å²) in [5.74, 6) is 0. The van der Waals surface area contributed by atoms with E-state index < -0.39 is 22.5 Å². The van der Waals surface area contributed by atoms with Crippen molar-refractivity contribution < 1.29 is 17.4 Å². The molecule has 0 fully saturated rings. The Hall–Kier alpha value is -1.28. The van der Waals surface area contributed by atoms with Crippen LogP contribution in [0.3, 0.4) is 0 Å². The van der Waals surface area contributed by atoms with E-state index in [1.165, 1.54) is 18.3 Å². The normalized spacial score (nSPS) is 13.6. The van der Waals surface area contributed by atoms with Crippen molar-refractivity contribution in [1.82, 2.24) is 9.59 Å². The number of nitrogens with zero attached hydrogens (tertiary/aromatic N) is 2. The van der Waals surface area contributed by atoms with Gasteiger partial charge in [0.05, 0.1) is 22.6 Å². The van der Waals surface area contributed by atoms with Crippen LogP contribution in [0.15, 0.2) is 39.6 Å². The van der Waals surface area contributed by atoms with Gasteiger partial charge < -0.3 is 0 Å². The summed E-state index contributed by atoms with van der Waals surface area (Å²) in [5.41, 5.74) is -0.819. The average Bonchev–Trinajstić information content (AvgIpc) is 2.80. The van der Waals surface area contributed by atoms with E-state index in [4.69, 9.17) is 0 Å². The molecule has 0 bridgehead atoms. The monoisotopic (exact) mass is 278 g/mol. The largest absolute Gasteiger partial charge is 0.416 e. The molecule has 0 saturated carbocycles. The van der Waals surface area contributed by atoms with Gasteiger partial charge >= 0.3 is 6.18 Å². The van der Waals surface area contributed by atoms with Crippen LogP contribution in [0.2, 0.25) is 0 Å². The van der Waals surface area contributed by atoms with Crippen LogP contribution >= 0.6 is 11.5 Å². The van der Waals surface area contributed by atoms with Gasteiger partial charge in [-0.1, -0.05) is 10.6 Å². The first-order valence-corrected chi connectivity index (χ1v) is 6.27. The topological polar surface area (TPSA) is 42.9 Å². The van der Waals surface area contributed by atoms with Crippen LogP contribution in [0.5, 0.6) is 0 Å². The lowest BCUT2D eigenvalue weighted by atomic mass is 10.2. The summed E-state index contributed by atoms with van der Waals surface area (Å²) in [6, 6.07) is 4.41. The Morgan fingerprint density at radius 3 is 2.65 bits per heavy atom. The highest BCUT2D eigenvalue weighted by Gasteiger charge is 2.30. The van der Waals surface area contributed by atoms with Crippen LogP contribution in [-0.2, 0) is 17.0 Å². The second-order valence-electron chi connectivity index (χ2n) is 3.03. The van der Waals surface area contributed by atoms with Gasteiger partial charge in [0.2, 0.25) is 0 Å². The minimum Gasteiger partial charge on any atom is -0.248 e. The maximum atomic E-state index is 12.5. The van der Waals surface area contributed by atoms with E-state index in [-0.39, 0.29) is 4.90 Å². The average molecular weight is 278 g/mol. The molecule has 3 nitrogen and oxygen atoms in total. The molecular weight excluding hydrogens is 273 g/mol. The highest BCUT2D eigenvalue weighted by Crippen LogP contribution is 2.31. The highest BCUT2D eigenvalue weighted by molar-refractivity contribution is 7.87. The molecule has 0 saturated heterocycles. The van der Waals surface area contributed by atoms with Crippen molar-refractivity contribution in [1.29, 1.82) is 0 Å². The van der Waals surface area contributed by atoms with Gasteiger partial charge in [0, 0.05) is 4.90 Å². The van der Waals surface area contributed by atoms with Crippen LogP contribution in [0.25, 0.3) is 0 Å². The Bertz CT molecular complexity index is 539. The maximum Gasteiger partial charge on any atom is 0.416 e. The fourth-order valence-electron chi connectivity index (χ4n) is 1.14. The second-order valence-corrected chi connectivity index (χ2v) is 5.52. The van der Waals surface area contributed by atoms with Gasteiger partial charge in [0.25, 0.3) is 0 Å². The predicted molar refractivity (Wildman–Crippen MR) is 56.0 cm³/mol. The van der Waals surface area contributed by atoms with Crippen LogP contribution < -0.4 is 0 Å². The molecule has 0 aliphatic carbocycles. The minimum absolute atomic E-state index is 0.0888. The van der Waals surface area contributed by atoms with E-state index >= 15 is 0 Å². The number of hydrogen-bond donors (Lipinski definition) is 0. The third kappa shape index (κ3) is 2.70. The standard InChI is InChI=1S/C9H5F3N2OS2/c10-9(11,12)6-2-1-3-7(4-6)17(15)8-5-13-14-16-8/h1-5H. The highest BCUT2D eigenvalue weighted by atomic mass is 32.2. The van der Waals surface area contributed by atoms with Crippen LogP contribution in [-0.4, -0.2) is 13.8 Å². The van der Waals surface area contributed by atoms with Crippen molar-refractivity contribution in [2.75, 3.05) is 0 Å². The van der Waals surface area contributed by atoms with Crippen LogP contribution in [0, 0.1) is 0 Å². The van der Waals surface area contributed by atoms with Gasteiger partial charge in [-0.2, -0.15) is 13.2 Å². The number of halogens is 3. The molecular formula is C9H5F3N2OS2. The Balaban J connectivity index is 2.38. The number of benzene rings is 1. The van der Waals surface area contributed by atoms with Crippen molar-refractivity contribution in [3.8, 4) is 0 Å². The smallest absolute Gasteiger partial charge is 0.248 e. The third-order valence-electron chi connectivity index (χ3n) is 1.90. The lowest BCUT2D eigenvalue weighted by molar-refractivity contribution is -0.137. The Labute approximate surface area is 101 Å². The summed E-state index contributed by atoms with van der Waals surface area (Å²) in [6.07, 6.45) is -3.16. The first kappa shape index (κ1) is 12.2. The summed E-state index contributed by atoms with van der Waals surface area (Å²) >= 11 is 0.897. The summed E-state index contributed by atoms with van der Waals surface area (Å²) in [6.45, 7) is 0. The van der Waals surface area contributed by atoms with Crippen molar-refractivity contribution in [2.45, 2.75) is 15.3 Å². The van der Waals surface area contributed by atoms with Crippen molar-refractivity contribution in [3.05, 3.63) is 36.0 Å². The van der Waals surface area contributed by atoms with E-state index in [2.05, 4.69) is 9.59 Å². The predicted octanol–water partition coefficient (Wildman–Crippen LogP) is 2.72. The summed E-state index contributed by atoms with van der Waals surface area (Å²) in [5, 5.41) is 3.49. The SMILES string of the molecule is O=S(c1cccc(C(F)(F)F)c1)c1cnns1. The second kappa shape index (κ2) is 4.53. The van der Waals surface area contributed by atoms with Gasteiger partial charge in [-0.25, -0.2) is 4.21 Å². The van der Waals surface area contributed by atoms with Crippen molar-refractivity contribution in [3.63, 3.8) is 0 Å². The summed E-state index contributed by atoms with van der Waals surface area (Å²) < 4.78 is 53.1. The van der Waals surface area contributed by atoms with Crippen LogP contribution in [0.1, 0.15) is 5.56 Å². The Morgan fingerprint density at radius 1 is 1.29 bits per heavy atom. The first-order chi connectivity index (χ1) is 7.98. The molecule has 17 heavy (non-hydrogen) atoms. The quantitative estimate of drug-likeness (QED) is 0.848. The van der Waals surface area contributed by atoms with Gasteiger partial charge in [-0.3, -0.25) is 0 Å². The van der Waals surface area contributed by atoms with E-state index in [0.717, 1.165) is 23.7 Å². The third-order valence-corrected chi connectivity index (χ3v) is 4.19. The molecule has 1 unspecified atom stereocenters. The molecule has 2 aromatic rings. The molecule has 0 spiro atoms. The first-order valence-electron chi connectivity index (χ1n) is 4.35. The molecule has 0 aliphatic heterocycles. The summed E-state index contributed by atoms with van der Waals surface area (Å²) in [4.78, 5) is 0.0888. The lowest BCUT2D eigenvalue weighted by Gasteiger charge is -2.07. The Kier molecular flexibility index (Phi) is 3.25. The van der Waals surface area contributed by atoms with Crippen LogP contribution in [0.4, 0.5) is 13.2 Å². The molecule has 2 rings (SSSR count). The van der Waals surface area contributed by atoms with Gasteiger partial charge in [0.1, 0.15) is 4.21 Å². The number of aromatic nitrogens is 2. The van der Waals surface area contributed by atoms with Crippen molar-refractivity contribution >= 4 is 22.3 Å². The molecule has 90 valence electrons. The zero-order valence-electron chi connectivity index (χ0n) is 8.14. The molecule has 8 heteroatoms.